The Morgan fingerprint density at radius 2 is 1.63 bits per heavy atom. The number of nitrogens with one attached hydrogen (secondary N) is 1. The molecule has 0 saturated carbocycles. The molecule has 0 aliphatic rings. The zero-order chi connectivity index (χ0) is 21.9. The lowest BCUT2D eigenvalue weighted by molar-refractivity contribution is -0.142. The molecule has 0 heterocycles. The molecular weight excluding hydrogens is 422 g/mol. The molecule has 2 aromatic carbocycles. The Hall–Kier alpha value is -2.45. The lowest BCUT2D eigenvalue weighted by Gasteiger charge is -2.20. The average molecular weight is 448 g/mol. The molecule has 8 heteroatoms. The van der Waals surface area contributed by atoms with Crippen molar-refractivity contribution >= 4 is 39.6 Å². The number of benzene rings is 2. The first-order valence-electron chi connectivity index (χ1n) is 9.46. The van der Waals surface area contributed by atoms with Gasteiger partial charge in [0.2, 0.25) is 11.0 Å². The molecule has 0 aromatic heterocycles. The van der Waals surface area contributed by atoms with E-state index in [0.29, 0.717) is 12.0 Å². The maximum absolute atomic E-state index is 12.9. The molecule has 0 fully saturated rings. The second kappa shape index (κ2) is 12.3. The summed E-state index contributed by atoms with van der Waals surface area (Å²) in [6, 6.07) is 17.1. The Labute approximate surface area is 182 Å². The predicted molar refractivity (Wildman–Crippen MR) is 120 cm³/mol. The Bertz CT molecular complexity index is 874. The minimum atomic E-state index is -1.17. The van der Waals surface area contributed by atoms with Gasteiger partial charge in [0, 0.05) is 34.1 Å². The van der Waals surface area contributed by atoms with Crippen molar-refractivity contribution < 1.29 is 23.7 Å². The molecule has 2 aromatic rings. The van der Waals surface area contributed by atoms with Crippen molar-refractivity contribution in [3.63, 3.8) is 0 Å². The van der Waals surface area contributed by atoms with Crippen LogP contribution >= 0.6 is 11.8 Å². The molecule has 0 bridgehead atoms. The second-order valence-corrected chi connectivity index (χ2v) is 9.36. The zero-order valence-corrected chi connectivity index (χ0v) is 18.3. The fourth-order valence-corrected chi connectivity index (χ4v) is 4.28. The highest BCUT2D eigenvalue weighted by Crippen LogP contribution is 2.19. The molecule has 0 saturated heterocycles. The van der Waals surface area contributed by atoms with Gasteiger partial charge >= 0.3 is 5.97 Å². The summed E-state index contributed by atoms with van der Waals surface area (Å²) in [6.07, 6.45) is 1.96. The van der Waals surface area contributed by atoms with E-state index in [9.17, 15) is 23.7 Å². The number of hydrogen-bond acceptors (Lipinski definition) is 5. The Kier molecular flexibility index (Phi) is 9.76. The number of hydrogen-bond donors (Lipinski definition) is 2. The van der Waals surface area contributed by atoms with Gasteiger partial charge in [0.25, 0.3) is 0 Å². The van der Waals surface area contributed by atoms with Gasteiger partial charge in [-0.2, -0.15) is 0 Å². The first-order chi connectivity index (χ1) is 14.4. The molecule has 1 unspecified atom stereocenters. The smallest absolute Gasteiger partial charge is 0.326 e. The summed E-state index contributed by atoms with van der Waals surface area (Å²) >= 11 is 1.04. The molecule has 0 radical (unpaired) electrons. The molecule has 0 aliphatic heterocycles. The average Bonchev–Trinajstić information content (AvgIpc) is 2.74. The number of aliphatic carboxylic acids is 1. The van der Waals surface area contributed by atoms with E-state index in [1.807, 2.05) is 36.4 Å². The van der Waals surface area contributed by atoms with Crippen LogP contribution in [-0.4, -0.2) is 50.1 Å². The van der Waals surface area contributed by atoms with E-state index >= 15 is 0 Å². The molecule has 0 aliphatic carbocycles. The van der Waals surface area contributed by atoms with Crippen molar-refractivity contribution in [3.05, 3.63) is 71.8 Å². The molecule has 30 heavy (non-hydrogen) atoms. The number of carbonyl (C=O) groups excluding carboxylic acids is 2. The van der Waals surface area contributed by atoms with Crippen LogP contribution in [0, 0.1) is 5.92 Å². The quantitative estimate of drug-likeness (QED) is 0.549. The van der Waals surface area contributed by atoms with Crippen molar-refractivity contribution in [3.8, 4) is 0 Å². The maximum atomic E-state index is 12.9. The summed E-state index contributed by atoms with van der Waals surface area (Å²) in [6.45, 7) is 0. The highest BCUT2D eigenvalue weighted by Gasteiger charge is 2.26. The summed E-state index contributed by atoms with van der Waals surface area (Å²) in [4.78, 5) is 36.8. The van der Waals surface area contributed by atoms with Gasteiger partial charge in [-0.05, 0) is 18.4 Å². The van der Waals surface area contributed by atoms with Gasteiger partial charge in [0.1, 0.15) is 6.04 Å². The van der Waals surface area contributed by atoms with Gasteiger partial charge < -0.3 is 10.4 Å². The highest BCUT2D eigenvalue weighted by atomic mass is 32.2. The second-order valence-electron chi connectivity index (χ2n) is 6.82. The summed E-state index contributed by atoms with van der Waals surface area (Å²) in [5.41, 5.74) is 1.47. The van der Waals surface area contributed by atoms with E-state index in [0.717, 1.165) is 17.3 Å². The molecule has 160 valence electrons. The molecule has 3 atom stereocenters. The maximum Gasteiger partial charge on any atom is 0.326 e. The number of thioether (sulfide) groups is 1. The Balaban J connectivity index is 2.09. The van der Waals surface area contributed by atoms with E-state index in [4.69, 9.17) is 0 Å². The van der Waals surface area contributed by atoms with E-state index < -0.39 is 34.6 Å². The van der Waals surface area contributed by atoms with Gasteiger partial charge in [-0.1, -0.05) is 72.4 Å². The minimum Gasteiger partial charge on any atom is -0.480 e. The number of rotatable bonds is 11. The first kappa shape index (κ1) is 23.8. The first-order valence-corrected chi connectivity index (χ1v) is 12.2. The minimum absolute atomic E-state index is 0.0817. The van der Waals surface area contributed by atoms with Crippen LogP contribution in [0.2, 0.25) is 0 Å². The molecule has 1 amide bonds. The van der Waals surface area contributed by atoms with Crippen molar-refractivity contribution in [2.45, 2.75) is 18.9 Å². The Morgan fingerprint density at radius 1 is 1.03 bits per heavy atom. The number of carboxylic acid groups (broad SMARTS) is 1. The normalized spacial score (nSPS) is 13.8. The van der Waals surface area contributed by atoms with Crippen LogP contribution in [0.5, 0.6) is 0 Å². The predicted octanol–water partition coefficient (Wildman–Crippen LogP) is 2.76. The van der Waals surface area contributed by atoms with E-state index in [1.165, 1.54) is 6.26 Å². The Morgan fingerprint density at radius 3 is 2.20 bits per heavy atom. The third-order valence-electron chi connectivity index (χ3n) is 4.43. The van der Waals surface area contributed by atoms with Crippen LogP contribution in [0.3, 0.4) is 0 Å². The lowest BCUT2D eigenvalue weighted by atomic mass is 9.99. The SMILES string of the molecule is CS(=O)CC[C@H](NC(=O)[C@@H](CSC(=O)c1ccccc1)Cc1ccccc1)C(=O)O. The van der Waals surface area contributed by atoms with Gasteiger partial charge in [0.15, 0.2) is 0 Å². The molecule has 2 rings (SSSR count). The summed E-state index contributed by atoms with van der Waals surface area (Å²) in [7, 11) is -1.15. The molecule has 2 N–H and O–H groups in total. The zero-order valence-electron chi connectivity index (χ0n) is 16.7. The fourth-order valence-electron chi connectivity index (χ4n) is 2.79. The fraction of sp³-hybridized carbons (Fsp3) is 0.318. The van der Waals surface area contributed by atoms with E-state index in [-0.39, 0.29) is 23.0 Å². The van der Waals surface area contributed by atoms with Gasteiger partial charge in [0.05, 0.1) is 5.92 Å². The monoisotopic (exact) mass is 447 g/mol. The number of carbonyl (C=O) groups is 3. The van der Waals surface area contributed by atoms with Crippen LogP contribution in [0.1, 0.15) is 22.3 Å². The molecular formula is C22H25NO5S2. The third kappa shape index (κ3) is 8.12. The van der Waals surface area contributed by atoms with Gasteiger partial charge in [-0.15, -0.1) is 0 Å². The summed E-state index contributed by atoms with van der Waals surface area (Å²) in [5.74, 6) is -1.77. The topological polar surface area (TPSA) is 101 Å². The lowest BCUT2D eigenvalue weighted by Crippen LogP contribution is -2.45. The third-order valence-corrected chi connectivity index (χ3v) is 6.31. The molecule has 0 spiro atoms. The van der Waals surface area contributed by atoms with Crippen LogP contribution in [0.25, 0.3) is 0 Å². The van der Waals surface area contributed by atoms with Crippen LogP contribution < -0.4 is 5.32 Å². The standard InChI is InChI=1S/C22H25NO5S2/c1-30(28)13-12-19(21(25)26)23-20(24)18(14-16-8-4-2-5-9-16)15-29-22(27)17-10-6-3-7-11-17/h2-11,18-19H,12-15H2,1H3,(H,23,24)(H,25,26)/t18-,19+,30?/m1/s1. The number of amides is 1. The summed E-state index contributed by atoms with van der Waals surface area (Å²) in [5, 5.41) is 11.8. The van der Waals surface area contributed by atoms with Crippen molar-refractivity contribution in [2.75, 3.05) is 17.8 Å². The van der Waals surface area contributed by atoms with Crippen molar-refractivity contribution in [1.82, 2.24) is 5.32 Å². The van der Waals surface area contributed by atoms with Crippen molar-refractivity contribution in [1.29, 1.82) is 0 Å². The number of carboxylic acids is 1. The largest absolute Gasteiger partial charge is 0.480 e. The van der Waals surface area contributed by atoms with Crippen LogP contribution in [0.4, 0.5) is 0 Å². The van der Waals surface area contributed by atoms with Crippen LogP contribution in [0.15, 0.2) is 60.7 Å². The van der Waals surface area contributed by atoms with E-state index in [2.05, 4.69) is 5.32 Å². The van der Waals surface area contributed by atoms with Gasteiger partial charge in [-0.25, -0.2) is 4.79 Å². The van der Waals surface area contributed by atoms with Crippen LogP contribution in [-0.2, 0) is 26.8 Å². The van der Waals surface area contributed by atoms with Gasteiger partial charge in [-0.3, -0.25) is 13.8 Å². The summed E-state index contributed by atoms with van der Waals surface area (Å²) < 4.78 is 11.3. The van der Waals surface area contributed by atoms with E-state index in [1.54, 1.807) is 24.3 Å². The van der Waals surface area contributed by atoms with Crippen molar-refractivity contribution in [2.24, 2.45) is 5.92 Å². The highest BCUT2D eigenvalue weighted by molar-refractivity contribution is 8.14. The molecule has 6 nitrogen and oxygen atoms in total.